The van der Waals surface area contributed by atoms with Gasteiger partial charge in [0.05, 0.1) is 12.2 Å². The van der Waals surface area contributed by atoms with Crippen molar-refractivity contribution < 1.29 is 19.1 Å². The van der Waals surface area contributed by atoms with Crippen LogP contribution in [0.4, 0.5) is 0 Å². The fourth-order valence-electron chi connectivity index (χ4n) is 4.25. The minimum atomic E-state index is -0.293. The molecule has 4 unspecified atom stereocenters. The zero-order valence-electron chi connectivity index (χ0n) is 15.8. The highest BCUT2D eigenvalue weighted by molar-refractivity contribution is 5.83. The fraction of sp³-hybridized carbons (Fsp3) is 0.895. The lowest BCUT2D eigenvalue weighted by molar-refractivity contribution is -0.154. The standard InChI is InChI=1S/C19H32N2O4/c1-4-14-6-8-16(24-14)18(22)20-10-11-21(13(3)12-20)19(23)17-9-7-15(5-2)25-17/h13-17H,4-12H2,1-3H3/t13-,14?,15?,16?,17?/m0/s1. The van der Waals surface area contributed by atoms with Gasteiger partial charge >= 0.3 is 0 Å². The topological polar surface area (TPSA) is 59.1 Å². The number of piperazine rings is 1. The van der Waals surface area contributed by atoms with Crippen LogP contribution in [0.2, 0.25) is 0 Å². The predicted octanol–water partition coefficient (Wildman–Crippen LogP) is 1.96. The summed E-state index contributed by atoms with van der Waals surface area (Å²) in [7, 11) is 0. The summed E-state index contributed by atoms with van der Waals surface area (Å²) in [6.07, 6.45) is 5.36. The average molecular weight is 352 g/mol. The van der Waals surface area contributed by atoms with Gasteiger partial charge in [-0.05, 0) is 45.4 Å². The predicted molar refractivity (Wildman–Crippen MR) is 94.1 cm³/mol. The van der Waals surface area contributed by atoms with E-state index < -0.39 is 0 Å². The van der Waals surface area contributed by atoms with E-state index in [1.54, 1.807) is 0 Å². The lowest BCUT2D eigenvalue weighted by Crippen LogP contribution is -2.58. The molecular formula is C19H32N2O4. The molecule has 0 aliphatic carbocycles. The van der Waals surface area contributed by atoms with Gasteiger partial charge in [0, 0.05) is 25.7 Å². The van der Waals surface area contributed by atoms with Crippen molar-refractivity contribution in [1.29, 1.82) is 0 Å². The maximum atomic E-state index is 12.8. The quantitative estimate of drug-likeness (QED) is 0.776. The van der Waals surface area contributed by atoms with Crippen LogP contribution in [-0.2, 0) is 19.1 Å². The van der Waals surface area contributed by atoms with Gasteiger partial charge in [0.15, 0.2) is 0 Å². The average Bonchev–Trinajstić information content (AvgIpc) is 3.29. The molecule has 3 aliphatic heterocycles. The molecule has 6 nitrogen and oxygen atoms in total. The molecule has 3 rings (SSSR count). The van der Waals surface area contributed by atoms with Crippen LogP contribution >= 0.6 is 0 Å². The van der Waals surface area contributed by atoms with Crippen molar-refractivity contribution in [3.8, 4) is 0 Å². The minimum absolute atomic E-state index is 0.0258. The lowest BCUT2D eigenvalue weighted by atomic mass is 10.1. The second kappa shape index (κ2) is 8.04. The minimum Gasteiger partial charge on any atom is -0.365 e. The van der Waals surface area contributed by atoms with E-state index in [4.69, 9.17) is 9.47 Å². The molecule has 25 heavy (non-hydrogen) atoms. The Morgan fingerprint density at radius 3 is 1.92 bits per heavy atom. The summed E-state index contributed by atoms with van der Waals surface area (Å²) < 4.78 is 11.7. The number of carbonyl (C=O) groups excluding carboxylic acids is 2. The number of rotatable bonds is 4. The fourth-order valence-corrected chi connectivity index (χ4v) is 4.25. The number of hydrogen-bond donors (Lipinski definition) is 0. The molecule has 3 heterocycles. The monoisotopic (exact) mass is 352 g/mol. The molecule has 3 aliphatic rings. The molecule has 0 saturated carbocycles. The Morgan fingerprint density at radius 1 is 0.880 bits per heavy atom. The molecule has 3 saturated heterocycles. The molecule has 0 aromatic rings. The Hall–Kier alpha value is -1.14. The van der Waals surface area contributed by atoms with Crippen LogP contribution in [-0.4, -0.2) is 71.7 Å². The summed E-state index contributed by atoms with van der Waals surface area (Å²) in [5.74, 6) is 0.191. The molecule has 5 atom stereocenters. The Bertz CT molecular complexity index is 498. The van der Waals surface area contributed by atoms with E-state index in [2.05, 4.69) is 13.8 Å². The van der Waals surface area contributed by atoms with Crippen LogP contribution in [0.1, 0.15) is 59.3 Å². The third kappa shape index (κ3) is 4.00. The summed E-state index contributed by atoms with van der Waals surface area (Å²) in [5.41, 5.74) is 0. The third-order valence-electron chi connectivity index (χ3n) is 5.90. The Labute approximate surface area is 150 Å². The first-order chi connectivity index (χ1) is 12.0. The van der Waals surface area contributed by atoms with E-state index in [9.17, 15) is 9.59 Å². The zero-order valence-corrected chi connectivity index (χ0v) is 15.8. The molecule has 0 N–H and O–H groups in total. The van der Waals surface area contributed by atoms with Gasteiger partial charge in [-0.3, -0.25) is 9.59 Å². The van der Waals surface area contributed by atoms with Crippen LogP contribution in [0, 0.1) is 0 Å². The van der Waals surface area contributed by atoms with E-state index in [-0.39, 0.29) is 42.3 Å². The Kier molecular flexibility index (Phi) is 6.00. The van der Waals surface area contributed by atoms with Crippen LogP contribution < -0.4 is 0 Å². The molecule has 0 spiro atoms. The maximum Gasteiger partial charge on any atom is 0.252 e. The first-order valence-corrected chi connectivity index (χ1v) is 9.93. The van der Waals surface area contributed by atoms with Crippen LogP contribution in [0.15, 0.2) is 0 Å². The lowest BCUT2D eigenvalue weighted by Gasteiger charge is -2.41. The van der Waals surface area contributed by atoms with Gasteiger partial charge in [-0.1, -0.05) is 13.8 Å². The highest BCUT2D eigenvalue weighted by atomic mass is 16.5. The number of nitrogens with zero attached hydrogens (tertiary/aromatic N) is 2. The van der Waals surface area contributed by atoms with Gasteiger partial charge in [0.1, 0.15) is 12.2 Å². The summed E-state index contributed by atoms with van der Waals surface area (Å²) in [5, 5.41) is 0. The normalized spacial score (nSPS) is 36.0. The number of carbonyl (C=O) groups is 2. The third-order valence-corrected chi connectivity index (χ3v) is 5.90. The molecule has 0 radical (unpaired) electrons. The van der Waals surface area contributed by atoms with Crippen molar-refractivity contribution in [3.63, 3.8) is 0 Å². The Morgan fingerprint density at radius 2 is 1.44 bits per heavy atom. The van der Waals surface area contributed by atoms with Crippen molar-refractivity contribution in [1.82, 2.24) is 9.80 Å². The molecular weight excluding hydrogens is 320 g/mol. The number of amides is 2. The van der Waals surface area contributed by atoms with E-state index in [0.29, 0.717) is 19.6 Å². The first-order valence-electron chi connectivity index (χ1n) is 9.93. The second-order valence-corrected chi connectivity index (χ2v) is 7.63. The van der Waals surface area contributed by atoms with Gasteiger partial charge in [0.25, 0.3) is 11.8 Å². The van der Waals surface area contributed by atoms with Crippen molar-refractivity contribution in [2.45, 2.75) is 89.8 Å². The number of ether oxygens (including phenoxy) is 2. The van der Waals surface area contributed by atoms with Crippen LogP contribution in [0.3, 0.4) is 0 Å². The largest absolute Gasteiger partial charge is 0.365 e. The van der Waals surface area contributed by atoms with Crippen molar-refractivity contribution in [3.05, 3.63) is 0 Å². The highest BCUT2D eigenvalue weighted by Crippen LogP contribution is 2.27. The summed E-state index contributed by atoms with van der Waals surface area (Å²) in [6, 6.07) is 0.0258. The molecule has 0 bridgehead atoms. The van der Waals surface area contributed by atoms with Crippen LogP contribution in [0.25, 0.3) is 0 Å². The number of hydrogen-bond acceptors (Lipinski definition) is 4. The molecule has 3 fully saturated rings. The summed E-state index contributed by atoms with van der Waals surface area (Å²) >= 11 is 0. The maximum absolute atomic E-state index is 12.8. The second-order valence-electron chi connectivity index (χ2n) is 7.63. The van der Waals surface area contributed by atoms with E-state index in [1.165, 1.54) is 0 Å². The molecule has 0 aromatic heterocycles. The molecule has 6 heteroatoms. The Balaban J connectivity index is 1.52. The molecule has 142 valence electrons. The molecule has 2 amide bonds. The van der Waals surface area contributed by atoms with E-state index >= 15 is 0 Å². The summed E-state index contributed by atoms with van der Waals surface area (Å²) in [4.78, 5) is 29.2. The van der Waals surface area contributed by atoms with Gasteiger partial charge in [-0.2, -0.15) is 0 Å². The van der Waals surface area contributed by atoms with Crippen molar-refractivity contribution in [2.75, 3.05) is 19.6 Å². The van der Waals surface area contributed by atoms with Crippen LogP contribution in [0.5, 0.6) is 0 Å². The summed E-state index contributed by atoms with van der Waals surface area (Å²) in [6.45, 7) is 7.98. The smallest absolute Gasteiger partial charge is 0.252 e. The van der Waals surface area contributed by atoms with Gasteiger partial charge < -0.3 is 19.3 Å². The SMILES string of the molecule is CCC1CCC(C(=O)N2CCN(C(=O)C3CCC(CC)O3)[C@@H](C)C2)O1. The van der Waals surface area contributed by atoms with Gasteiger partial charge in [-0.25, -0.2) is 0 Å². The zero-order chi connectivity index (χ0) is 18.0. The molecule has 0 aromatic carbocycles. The van der Waals surface area contributed by atoms with Crippen molar-refractivity contribution >= 4 is 11.8 Å². The van der Waals surface area contributed by atoms with E-state index in [1.807, 2.05) is 16.7 Å². The van der Waals surface area contributed by atoms with Gasteiger partial charge in [-0.15, -0.1) is 0 Å². The van der Waals surface area contributed by atoms with E-state index in [0.717, 1.165) is 38.5 Å². The first kappa shape index (κ1) is 18.6. The van der Waals surface area contributed by atoms with Crippen molar-refractivity contribution in [2.24, 2.45) is 0 Å². The highest BCUT2D eigenvalue weighted by Gasteiger charge is 2.39. The van der Waals surface area contributed by atoms with Gasteiger partial charge in [0.2, 0.25) is 0 Å².